The Hall–Kier alpha value is -1.17. The first-order valence-corrected chi connectivity index (χ1v) is 6.31. The SMILES string of the molecule is CC(C)[C@H](N)C(=O)Nc1nc2ccccc2s1.Cl. The Balaban J connectivity index is 0.00000162. The van der Waals surface area contributed by atoms with Crippen molar-refractivity contribution < 1.29 is 4.79 Å². The maximum atomic E-state index is 11.8. The highest BCUT2D eigenvalue weighted by Crippen LogP contribution is 2.25. The molecule has 0 saturated heterocycles. The van der Waals surface area contributed by atoms with Gasteiger partial charge in [0.15, 0.2) is 5.13 Å². The van der Waals surface area contributed by atoms with E-state index in [2.05, 4.69) is 10.3 Å². The largest absolute Gasteiger partial charge is 0.320 e. The van der Waals surface area contributed by atoms with Gasteiger partial charge in [-0.25, -0.2) is 4.98 Å². The molecule has 2 aromatic rings. The summed E-state index contributed by atoms with van der Waals surface area (Å²) in [5.74, 6) is -0.0663. The van der Waals surface area contributed by atoms with Gasteiger partial charge in [-0.1, -0.05) is 37.3 Å². The van der Waals surface area contributed by atoms with Crippen LogP contribution in [0.15, 0.2) is 24.3 Å². The topological polar surface area (TPSA) is 68.0 Å². The third-order valence-electron chi connectivity index (χ3n) is 2.55. The van der Waals surface area contributed by atoms with Crippen LogP contribution >= 0.6 is 23.7 Å². The van der Waals surface area contributed by atoms with E-state index in [4.69, 9.17) is 5.73 Å². The van der Waals surface area contributed by atoms with Crippen molar-refractivity contribution in [3.05, 3.63) is 24.3 Å². The molecule has 1 aromatic carbocycles. The molecule has 0 aliphatic rings. The molecule has 0 aliphatic heterocycles. The molecule has 0 fully saturated rings. The molecule has 0 bridgehead atoms. The van der Waals surface area contributed by atoms with Gasteiger partial charge in [0.05, 0.1) is 16.3 Å². The molecule has 98 valence electrons. The molecular weight excluding hydrogens is 270 g/mol. The van der Waals surface area contributed by atoms with Crippen LogP contribution in [-0.4, -0.2) is 16.9 Å². The Labute approximate surface area is 116 Å². The van der Waals surface area contributed by atoms with Gasteiger partial charge < -0.3 is 11.1 Å². The van der Waals surface area contributed by atoms with Crippen molar-refractivity contribution in [1.82, 2.24) is 4.98 Å². The number of hydrogen-bond donors (Lipinski definition) is 2. The Bertz CT molecular complexity index is 508. The first-order valence-electron chi connectivity index (χ1n) is 5.50. The zero-order valence-electron chi connectivity index (χ0n) is 10.2. The second-order valence-electron chi connectivity index (χ2n) is 4.25. The number of rotatable bonds is 3. The van der Waals surface area contributed by atoms with E-state index < -0.39 is 6.04 Å². The summed E-state index contributed by atoms with van der Waals surface area (Å²) in [7, 11) is 0. The lowest BCUT2D eigenvalue weighted by Crippen LogP contribution is -2.39. The van der Waals surface area contributed by atoms with Crippen molar-refractivity contribution in [2.45, 2.75) is 19.9 Å². The first-order chi connectivity index (χ1) is 8.08. The summed E-state index contributed by atoms with van der Waals surface area (Å²) >= 11 is 1.46. The quantitative estimate of drug-likeness (QED) is 0.911. The number of aromatic nitrogens is 1. The van der Waals surface area contributed by atoms with Crippen LogP contribution in [0.3, 0.4) is 0 Å². The Morgan fingerprint density at radius 3 is 2.67 bits per heavy atom. The van der Waals surface area contributed by atoms with E-state index in [-0.39, 0.29) is 24.2 Å². The zero-order valence-corrected chi connectivity index (χ0v) is 11.8. The number of anilines is 1. The highest BCUT2D eigenvalue weighted by Gasteiger charge is 2.18. The van der Waals surface area contributed by atoms with E-state index in [9.17, 15) is 4.79 Å². The molecule has 0 aliphatic carbocycles. The lowest BCUT2D eigenvalue weighted by Gasteiger charge is -2.13. The van der Waals surface area contributed by atoms with Gasteiger partial charge in [-0.15, -0.1) is 12.4 Å². The predicted octanol–water partition coefficient (Wildman–Crippen LogP) is 2.64. The highest BCUT2D eigenvalue weighted by atomic mass is 35.5. The summed E-state index contributed by atoms with van der Waals surface area (Å²) in [6.45, 7) is 3.84. The summed E-state index contributed by atoms with van der Waals surface area (Å²) in [5, 5.41) is 3.36. The predicted molar refractivity (Wildman–Crippen MR) is 78.3 cm³/mol. The van der Waals surface area contributed by atoms with Crippen molar-refractivity contribution in [2.75, 3.05) is 5.32 Å². The van der Waals surface area contributed by atoms with Crippen LogP contribution in [0.25, 0.3) is 10.2 Å². The zero-order chi connectivity index (χ0) is 12.4. The van der Waals surface area contributed by atoms with Crippen molar-refractivity contribution in [3.63, 3.8) is 0 Å². The smallest absolute Gasteiger partial charge is 0.243 e. The molecule has 0 unspecified atom stereocenters. The molecule has 0 radical (unpaired) electrons. The van der Waals surface area contributed by atoms with Gasteiger partial charge in [0.1, 0.15) is 0 Å². The minimum absolute atomic E-state index is 0. The van der Waals surface area contributed by atoms with Gasteiger partial charge >= 0.3 is 0 Å². The number of nitrogens with one attached hydrogen (secondary N) is 1. The molecule has 18 heavy (non-hydrogen) atoms. The molecule has 4 nitrogen and oxygen atoms in total. The van der Waals surface area contributed by atoms with E-state index >= 15 is 0 Å². The van der Waals surface area contributed by atoms with E-state index in [1.807, 2.05) is 38.1 Å². The fraction of sp³-hybridized carbons (Fsp3) is 0.333. The number of nitrogens with two attached hydrogens (primary N) is 1. The monoisotopic (exact) mass is 285 g/mol. The number of carbonyl (C=O) groups is 1. The van der Waals surface area contributed by atoms with Crippen LogP contribution in [-0.2, 0) is 4.79 Å². The second-order valence-corrected chi connectivity index (χ2v) is 5.28. The molecule has 1 aromatic heterocycles. The third-order valence-corrected chi connectivity index (χ3v) is 3.50. The van der Waals surface area contributed by atoms with Crippen molar-refractivity contribution in [3.8, 4) is 0 Å². The molecular formula is C12H16ClN3OS. The summed E-state index contributed by atoms with van der Waals surface area (Å²) in [6.07, 6.45) is 0. The van der Waals surface area contributed by atoms with Gasteiger partial charge in [-0.2, -0.15) is 0 Å². The van der Waals surface area contributed by atoms with Crippen molar-refractivity contribution in [1.29, 1.82) is 0 Å². The van der Waals surface area contributed by atoms with E-state index in [1.54, 1.807) is 0 Å². The Morgan fingerprint density at radius 2 is 2.06 bits per heavy atom. The lowest BCUT2D eigenvalue weighted by molar-refractivity contribution is -0.118. The number of hydrogen-bond acceptors (Lipinski definition) is 4. The van der Waals surface area contributed by atoms with Gasteiger partial charge in [0.25, 0.3) is 0 Å². The Kier molecular flexibility index (Phi) is 5.07. The normalized spacial score (nSPS) is 12.2. The fourth-order valence-electron chi connectivity index (χ4n) is 1.42. The maximum Gasteiger partial charge on any atom is 0.243 e. The summed E-state index contributed by atoms with van der Waals surface area (Å²) < 4.78 is 1.06. The minimum Gasteiger partial charge on any atom is -0.320 e. The number of para-hydroxylation sites is 1. The number of nitrogens with zero attached hydrogens (tertiary/aromatic N) is 1. The van der Waals surface area contributed by atoms with Crippen molar-refractivity contribution in [2.24, 2.45) is 11.7 Å². The summed E-state index contributed by atoms with van der Waals surface area (Å²) in [4.78, 5) is 16.1. The Morgan fingerprint density at radius 1 is 1.39 bits per heavy atom. The van der Waals surface area contributed by atoms with Crippen LogP contribution in [0, 0.1) is 5.92 Å². The number of fused-ring (bicyclic) bond motifs is 1. The molecule has 2 rings (SSSR count). The number of benzene rings is 1. The number of halogens is 1. The minimum atomic E-state index is -0.498. The second kappa shape index (κ2) is 6.13. The third kappa shape index (κ3) is 3.19. The summed E-state index contributed by atoms with van der Waals surface area (Å²) in [5.41, 5.74) is 6.66. The average Bonchev–Trinajstić information content (AvgIpc) is 2.69. The van der Waals surface area contributed by atoms with E-state index in [0.717, 1.165) is 10.2 Å². The fourth-order valence-corrected chi connectivity index (χ4v) is 2.29. The van der Waals surface area contributed by atoms with Gasteiger partial charge in [0.2, 0.25) is 5.91 Å². The van der Waals surface area contributed by atoms with Crippen LogP contribution in [0.2, 0.25) is 0 Å². The molecule has 3 N–H and O–H groups in total. The standard InChI is InChI=1S/C12H15N3OS.ClH/c1-7(2)10(13)11(16)15-12-14-8-5-3-4-6-9(8)17-12;/h3-7,10H,13H2,1-2H3,(H,14,15,16);1H/t10-;/m0./s1. The van der Waals surface area contributed by atoms with Gasteiger partial charge in [0, 0.05) is 0 Å². The van der Waals surface area contributed by atoms with Crippen LogP contribution < -0.4 is 11.1 Å². The summed E-state index contributed by atoms with van der Waals surface area (Å²) in [6, 6.07) is 7.27. The van der Waals surface area contributed by atoms with Gasteiger partial charge in [-0.3, -0.25) is 4.79 Å². The average molecular weight is 286 g/mol. The van der Waals surface area contributed by atoms with Crippen LogP contribution in [0.1, 0.15) is 13.8 Å². The number of carbonyl (C=O) groups excluding carboxylic acids is 1. The van der Waals surface area contributed by atoms with Crippen LogP contribution in [0.5, 0.6) is 0 Å². The molecule has 0 saturated carbocycles. The van der Waals surface area contributed by atoms with Gasteiger partial charge in [-0.05, 0) is 18.1 Å². The maximum absolute atomic E-state index is 11.8. The molecule has 0 spiro atoms. The van der Waals surface area contributed by atoms with E-state index in [1.165, 1.54) is 11.3 Å². The molecule has 1 heterocycles. The van der Waals surface area contributed by atoms with Crippen molar-refractivity contribution >= 4 is 45.0 Å². The lowest BCUT2D eigenvalue weighted by atomic mass is 10.1. The molecule has 1 atom stereocenters. The number of thiazole rings is 1. The molecule has 1 amide bonds. The highest BCUT2D eigenvalue weighted by molar-refractivity contribution is 7.22. The number of amides is 1. The first kappa shape index (κ1) is 14.9. The van der Waals surface area contributed by atoms with E-state index in [0.29, 0.717) is 5.13 Å². The molecule has 6 heteroatoms. The van der Waals surface area contributed by atoms with Crippen LogP contribution in [0.4, 0.5) is 5.13 Å².